The Kier molecular flexibility index (Phi) is 21.4. The van der Waals surface area contributed by atoms with E-state index in [9.17, 15) is 96.7 Å². The number of aliphatic hydroxyl groups excluding tert-OH is 15. The van der Waals surface area contributed by atoms with Crippen LogP contribution in [0.4, 0.5) is 0 Å². The lowest BCUT2D eigenvalue weighted by atomic mass is 9.33. The Morgan fingerprint density at radius 1 is 0.621 bits per heavy atom. The lowest BCUT2D eigenvalue weighted by Gasteiger charge is -2.72. The van der Waals surface area contributed by atoms with Crippen molar-refractivity contribution in [1.82, 2.24) is 0 Å². The number of ether oxygens (including phenoxy) is 11. The molecule has 0 aromatic carbocycles. The number of aliphatic hydroxyl groups is 18. The van der Waals surface area contributed by atoms with Crippen molar-refractivity contribution in [2.24, 2.45) is 50.2 Å². The SMILES string of the molecule is C/C=C(/C)C(=O)O[C@@H]1C(O)[C@H](O[C@H]2CC[C@@]3(C)C(CC[C@]4(C)C3CC=C3C5CC(C)(C)[C@@H](O)[C@H](O)[C@]5(CO[C@@H]5OC(C)(CO[C@@H]6OC(CO)[C@H](O)[C@H](O)C6O)[C@H](O)C(O)(O)C5O[C@@H]5OC(C)[C@H](O)[C@H](O)C5O)CC[C@]34C)C2(C)C)OC(CO[C@@H]2O[C@](O)(CO)C(O)[C@@H]2O)[C@@H]1O. The van der Waals surface area contributed by atoms with Crippen molar-refractivity contribution in [2.75, 3.05) is 33.0 Å². The van der Waals surface area contributed by atoms with E-state index in [-0.39, 0.29) is 29.2 Å². The van der Waals surface area contributed by atoms with Crippen LogP contribution in [0.1, 0.15) is 128 Å². The second-order valence-electron chi connectivity index (χ2n) is 31.3. The van der Waals surface area contributed by atoms with Crippen molar-refractivity contribution in [3.05, 3.63) is 23.3 Å². The third-order valence-electron chi connectivity index (χ3n) is 25.0. The smallest absolute Gasteiger partial charge is 0.333 e. The summed E-state index contributed by atoms with van der Waals surface area (Å²) >= 11 is 0. The highest BCUT2D eigenvalue weighted by Gasteiger charge is 2.72. The molecule has 0 aromatic rings. The maximum Gasteiger partial charge on any atom is 0.333 e. The topological polar surface area (TPSA) is 483 Å². The van der Waals surface area contributed by atoms with Crippen LogP contribution in [0.5, 0.6) is 0 Å². The molecule has 9 fully saturated rings. The molecule has 5 heterocycles. The number of allylic oxidation sites excluding steroid dienone is 3. The Labute approximate surface area is 551 Å². The Morgan fingerprint density at radius 3 is 1.89 bits per heavy atom. The molecule has 5 aliphatic heterocycles. The highest BCUT2D eigenvalue weighted by molar-refractivity contribution is 5.87. The minimum atomic E-state index is -3.43. The first kappa shape index (κ1) is 75.5. The average molecular weight is 1370 g/mol. The van der Waals surface area contributed by atoms with Crippen molar-refractivity contribution >= 4 is 5.97 Å². The van der Waals surface area contributed by atoms with Crippen LogP contribution >= 0.6 is 0 Å². The fraction of sp³-hybridized carbons (Fsp3) is 0.923. The third kappa shape index (κ3) is 12.5. The summed E-state index contributed by atoms with van der Waals surface area (Å²) in [6.45, 7) is 16.8. The number of rotatable bonds is 17. The molecule has 33 atom stereocenters. The van der Waals surface area contributed by atoms with Crippen molar-refractivity contribution < 1.29 is 149 Å². The second kappa shape index (κ2) is 26.9. The minimum absolute atomic E-state index is 0.000432. The van der Waals surface area contributed by atoms with Gasteiger partial charge in [0.15, 0.2) is 43.7 Å². The van der Waals surface area contributed by atoms with Gasteiger partial charge in [0.05, 0.1) is 57.5 Å². The molecule has 10 aliphatic rings. The quantitative estimate of drug-likeness (QED) is 0.0220. The summed E-state index contributed by atoms with van der Waals surface area (Å²) < 4.78 is 66.1. The van der Waals surface area contributed by atoms with Crippen LogP contribution in [-0.2, 0) is 56.9 Å². The number of carbonyl (C=O) groups is 1. The molecule has 30 nitrogen and oxygen atoms in total. The molecule has 0 spiro atoms. The maximum absolute atomic E-state index is 13.2. The highest BCUT2D eigenvalue weighted by atomic mass is 16.8. The van der Waals surface area contributed by atoms with Crippen LogP contribution < -0.4 is 0 Å². The molecule has 18 N–H and O–H groups in total. The number of carbonyl (C=O) groups excluding carboxylic acids is 1. The summed E-state index contributed by atoms with van der Waals surface area (Å²) in [5.41, 5.74) is -5.16. The molecule has 0 bridgehead atoms. The molecule has 10 rings (SSSR count). The van der Waals surface area contributed by atoms with E-state index >= 15 is 0 Å². The minimum Gasteiger partial charge on any atom is -0.453 e. The van der Waals surface area contributed by atoms with Gasteiger partial charge in [-0.25, -0.2) is 4.79 Å². The van der Waals surface area contributed by atoms with Gasteiger partial charge in [-0.15, -0.1) is 0 Å². The van der Waals surface area contributed by atoms with Crippen LogP contribution in [0.3, 0.4) is 0 Å². The molecule has 0 aromatic heterocycles. The van der Waals surface area contributed by atoms with E-state index in [0.717, 1.165) is 18.4 Å². The first-order valence-corrected chi connectivity index (χ1v) is 33.4. The molecule has 4 saturated carbocycles. The molecule has 0 radical (unpaired) electrons. The first-order chi connectivity index (χ1) is 44.1. The monoisotopic (exact) mass is 1370 g/mol. The molecule has 0 amide bonds. The van der Waals surface area contributed by atoms with Crippen LogP contribution in [0.2, 0.25) is 0 Å². The lowest BCUT2D eigenvalue weighted by molar-refractivity contribution is -0.445. The highest BCUT2D eigenvalue weighted by Crippen LogP contribution is 2.76. The van der Waals surface area contributed by atoms with Gasteiger partial charge in [0.1, 0.15) is 85.0 Å². The summed E-state index contributed by atoms with van der Waals surface area (Å²) in [6, 6.07) is 0. The fourth-order valence-electron chi connectivity index (χ4n) is 18.6. The zero-order valence-corrected chi connectivity index (χ0v) is 55.9. The Bertz CT molecular complexity index is 2770. The predicted molar refractivity (Wildman–Crippen MR) is 321 cm³/mol. The van der Waals surface area contributed by atoms with Gasteiger partial charge in [-0.3, -0.25) is 0 Å². The lowest BCUT2D eigenvalue weighted by Crippen LogP contribution is -2.74. The van der Waals surface area contributed by atoms with E-state index < -0.39 is 237 Å². The maximum atomic E-state index is 13.2. The molecular weight excluding hydrogens is 1260 g/mol. The zero-order valence-electron chi connectivity index (χ0n) is 55.9. The normalized spacial score (nSPS) is 52.7. The largest absolute Gasteiger partial charge is 0.453 e. The van der Waals surface area contributed by atoms with Crippen molar-refractivity contribution in [2.45, 2.75) is 292 Å². The summed E-state index contributed by atoms with van der Waals surface area (Å²) in [4.78, 5) is 13.2. The summed E-state index contributed by atoms with van der Waals surface area (Å²) in [5, 5.41) is 200. The van der Waals surface area contributed by atoms with Gasteiger partial charge in [0.25, 0.3) is 0 Å². The van der Waals surface area contributed by atoms with Crippen LogP contribution in [0, 0.1) is 50.2 Å². The summed E-state index contributed by atoms with van der Waals surface area (Å²) in [7, 11) is 0. The summed E-state index contributed by atoms with van der Waals surface area (Å²) in [6.07, 6.45) is -32.7. The van der Waals surface area contributed by atoms with Crippen LogP contribution in [0.15, 0.2) is 23.3 Å². The molecule has 5 aliphatic carbocycles. The Hall–Kier alpha value is -2.17. The first-order valence-electron chi connectivity index (χ1n) is 33.4. The number of fused-ring (bicyclic) bond motifs is 7. The van der Waals surface area contributed by atoms with E-state index in [0.29, 0.717) is 32.1 Å². The van der Waals surface area contributed by atoms with Gasteiger partial charge >= 0.3 is 5.97 Å². The van der Waals surface area contributed by atoms with Crippen molar-refractivity contribution in [1.29, 1.82) is 0 Å². The molecule has 5 saturated heterocycles. The second-order valence-corrected chi connectivity index (χ2v) is 31.3. The third-order valence-corrected chi connectivity index (χ3v) is 25.0. The van der Waals surface area contributed by atoms with E-state index in [4.69, 9.17) is 52.1 Å². The van der Waals surface area contributed by atoms with Gasteiger partial charge in [-0.1, -0.05) is 66.2 Å². The van der Waals surface area contributed by atoms with E-state index in [2.05, 4.69) is 40.7 Å². The Balaban J connectivity index is 0.919. The van der Waals surface area contributed by atoms with Crippen LogP contribution in [-0.4, -0.2) is 296 Å². The van der Waals surface area contributed by atoms with E-state index in [1.54, 1.807) is 6.92 Å². The van der Waals surface area contributed by atoms with Crippen molar-refractivity contribution in [3.63, 3.8) is 0 Å². The van der Waals surface area contributed by atoms with Gasteiger partial charge < -0.3 is 144 Å². The molecule has 12 unspecified atom stereocenters. The predicted octanol–water partition coefficient (Wildman–Crippen LogP) is -3.58. The van der Waals surface area contributed by atoms with Gasteiger partial charge in [0, 0.05) is 11.0 Å². The van der Waals surface area contributed by atoms with Crippen LogP contribution in [0.25, 0.3) is 0 Å². The number of hydrogen-bond donors (Lipinski definition) is 18. The molecular formula is C65H106O30. The Morgan fingerprint density at radius 2 is 1.25 bits per heavy atom. The van der Waals surface area contributed by atoms with Gasteiger partial charge in [0.2, 0.25) is 11.6 Å². The molecule has 546 valence electrons. The zero-order chi connectivity index (χ0) is 70.2. The number of esters is 1. The fourth-order valence-corrected chi connectivity index (χ4v) is 18.6. The van der Waals surface area contributed by atoms with Gasteiger partial charge in [-0.05, 0) is 124 Å². The van der Waals surface area contributed by atoms with Crippen molar-refractivity contribution in [3.8, 4) is 0 Å². The molecule has 30 heteroatoms. The van der Waals surface area contributed by atoms with Gasteiger partial charge in [-0.2, -0.15) is 0 Å². The molecule has 95 heavy (non-hydrogen) atoms. The van der Waals surface area contributed by atoms with E-state index in [1.807, 2.05) is 13.8 Å². The summed E-state index contributed by atoms with van der Waals surface area (Å²) in [5.74, 6) is -7.26. The number of hydrogen-bond acceptors (Lipinski definition) is 30. The van der Waals surface area contributed by atoms with E-state index in [1.165, 1.54) is 26.8 Å². The standard InChI is InChI=1S/C65H106O30/c1-12-27(2)50(80)92-45-38(70)32(23-85-52-44(76)46(77)64(82,24-67)95-52)90-54(43(45)75)91-35-16-17-59(8)33(58(35,6)7)15-18-61(10)34(59)14-13-29-30-21-57(4,5)47(78)48(79)63(30,20-19-60(29,61)9)26-87-55-49(93-53-42(74)39(71)36(68)28(3)88-53)65(83,84)56(81)62(11,94-55)25-86-51-41(73)40(72)37(69)31(22-66)89-51/h12-13,28,30-49,51-56,66-79,81-84H,14-26H2,1-11H3/b27-12-/t28?,30?,31?,32?,33?,34?,35-,36-,37-,38-,39-,40-,41?,42?,43?,44-,45-,46?,47-,48-,49?,51+,52+,53-,54-,55+,56-,59-,60+,61+,62?,63-,64+/m0/s1. The average Bonchev–Trinajstić information content (AvgIpc) is 0.927.